The Morgan fingerprint density at radius 1 is 1.50 bits per heavy atom. The fraction of sp³-hybridized carbons (Fsp3) is 0.545. The molecule has 0 aliphatic rings. The smallest absolute Gasteiger partial charge is 0.304 e. The van der Waals surface area contributed by atoms with Crippen molar-refractivity contribution in [3.05, 3.63) is 21.9 Å². The first-order valence-corrected chi connectivity index (χ1v) is 5.58. The zero-order chi connectivity index (χ0) is 10.8. The number of hydrogen-bond acceptors (Lipinski definition) is 2. The fourth-order valence-electron chi connectivity index (χ4n) is 1.40. The number of hydrogen-bond donors (Lipinski definition) is 1. The molecular weight excluding hydrogens is 196 g/mol. The summed E-state index contributed by atoms with van der Waals surface area (Å²) < 4.78 is 0. The topological polar surface area (TPSA) is 37.3 Å². The van der Waals surface area contributed by atoms with Gasteiger partial charge in [0, 0.05) is 15.2 Å². The van der Waals surface area contributed by atoms with Crippen LogP contribution in [0.25, 0.3) is 0 Å². The van der Waals surface area contributed by atoms with Crippen LogP contribution in [0.5, 0.6) is 0 Å². The van der Waals surface area contributed by atoms with Gasteiger partial charge in [0.2, 0.25) is 0 Å². The Balaban J connectivity index is 2.85. The number of aliphatic carboxylic acids is 1. The summed E-state index contributed by atoms with van der Waals surface area (Å²) in [6.07, 6.45) is 1.21. The average molecular weight is 212 g/mol. The first kappa shape index (κ1) is 11.2. The minimum atomic E-state index is -0.735. The van der Waals surface area contributed by atoms with E-state index in [9.17, 15) is 4.79 Å². The highest BCUT2D eigenvalue weighted by Gasteiger charge is 2.25. The van der Waals surface area contributed by atoms with Gasteiger partial charge in [0.1, 0.15) is 0 Å². The first-order chi connectivity index (χ1) is 6.45. The molecule has 1 aromatic heterocycles. The predicted molar refractivity (Wildman–Crippen MR) is 59.0 cm³/mol. The molecule has 14 heavy (non-hydrogen) atoms. The molecule has 0 aliphatic heterocycles. The molecular formula is C11H16O2S. The van der Waals surface area contributed by atoms with E-state index < -0.39 is 5.97 Å². The Hall–Kier alpha value is -0.830. The maximum atomic E-state index is 10.7. The molecule has 0 aliphatic carbocycles. The highest BCUT2D eigenvalue weighted by Crippen LogP contribution is 2.32. The Bertz CT molecular complexity index is 326. The first-order valence-electron chi connectivity index (χ1n) is 4.76. The highest BCUT2D eigenvalue weighted by atomic mass is 32.1. The zero-order valence-corrected chi connectivity index (χ0v) is 9.65. The van der Waals surface area contributed by atoms with Gasteiger partial charge in [-0.1, -0.05) is 20.8 Å². The van der Waals surface area contributed by atoms with Crippen molar-refractivity contribution in [2.45, 2.75) is 39.0 Å². The quantitative estimate of drug-likeness (QED) is 0.832. The van der Waals surface area contributed by atoms with Crippen LogP contribution in [0.3, 0.4) is 0 Å². The molecule has 1 rings (SSSR count). The summed E-state index contributed by atoms with van der Waals surface area (Å²) in [7, 11) is 0. The molecule has 0 atom stereocenters. The third-order valence-corrected chi connectivity index (χ3v) is 3.87. The molecule has 0 unspecified atom stereocenters. The molecule has 78 valence electrons. The summed E-state index contributed by atoms with van der Waals surface area (Å²) >= 11 is 1.72. The van der Waals surface area contributed by atoms with Gasteiger partial charge in [-0.2, -0.15) is 0 Å². The van der Waals surface area contributed by atoms with Crippen molar-refractivity contribution in [1.29, 1.82) is 0 Å². The van der Waals surface area contributed by atoms with Crippen LogP contribution in [0.1, 0.15) is 36.9 Å². The maximum absolute atomic E-state index is 10.7. The van der Waals surface area contributed by atoms with Gasteiger partial charge in [0.15, 0.2) is 0 Å². The van der Waals surface area contributed by atoms with Crippen LogP contribution in [0.2, 0.25) is 0 Å². The third-order valence-electron chi connectivity index (χ3n) is 2.27. The summed E-state index contributed by atoms with van der Waals surface area (Å²) in [5, 5.41) is 8.78. The number of rotatable bonds is 4. The van der Waals surface area contributed by atoms with Gasteiger partial charge in [-0.05, 0) is 18.6 Å². The van der Waals surface area contributed by atoms with Gasteiger partial charge in [0.25, 0.3) is 0 Å². The second-order valence-electron chi connectivity index (χ2n) is 4.07. The minimum absolute atomic E-state index is 0.191. The number of aryl methyl sites for hydroxylation is 1. The second-order valence-corrected chi connectivity index (χ2v) is 5.24. The summed E-state index contributed by atoms with van der Waals surface area (Å²) in [6.45, 7) is 6.07. The van der Waals surface area contributed by atoms with E-state index in [0.29, 0.717) is 0 Å². The Kier molecular flexibility index (Phi) is 3.32. The maximum Gasteiger partial charge on any atom is 0.304 e. The summed E-state index contributed by atoms with van der Waals surface area (Å²) in [5.74, 6) is -0.735. The monoisotopic (exact) mass is 212 g/mol. The molecule has 0 radical (unpaired) electrons. The van der Waals surface area contributed by atoms with Crippen LogP contribution >= 0.6 is 11.3 Å². The van der Waals surface area contributed by atoms with E-state index in [2.05, 4.69) is 13.0 Å². The molecule has 0 saturated heterocycles. The number of thiophene rings is 1. The van der Waals surface area contributed by atoms with Gasteiger partial charge >= 0.3 is 5.97 Å². The van der Waals surface area contributed by atoms with Crippen molar-refractivity contribution in [2.24, 2.45) is 0 Å². The van der Waals surface area contributed by atoms with E-state index in [1.165, 1.54) is 4.88 Å². The van der Waals surface area contributed by atoms with E-state index in [1.54, 1.807) is 11.3 Å². The second kappa shape index (κ2) is 4.13. The molecule has 2 nitrogen and oxygen atoms in total. The van der Waals surface area contributed by atoms with Gasteiger partial charge < -0.3 is 5.11 Å². The van der Waals surface area contributed by atoms with Crippen LogP contribution in [-0.4, -0.2) is 11.1 Å². The number of carboxylic acids is 1. The predicted octanol–water partition coefficient (Wildman–Crippen LogP) is 3.06. The van der Waals surface area contributed by atoms with Gasteiger partial charge in [0.05, 0.1) is 6.42 Å². The van der Waals surface area contributed by atoms with E-state index >= 15 is 0 Å². The normalized spacial score (nSPS) is 11.6. The summed E-state index contributed by atoms with van der Waals surface area (Å²) in [4.78, 5) is 13.2. The standard InChI is InChI=1S/C11H16O2S/c1-4-8-5-6-9(14-8)11(2,3)7-10(12)13/h5-6H,4,7H2,1-3H3,(H,12,13). The van der Waals surface area contributed by atoms with Crippen molar-refractivity contribution in [3.8, 4) is 0 Å². The van der Waals surface area contributed by atoms with Crippen molar-refractivity contribution in [1.82, 2.24) is 0 Å². The minimum Gasteiger partial charge on any atom is -0.481 e. The highest BCUT2D eigenvalue weighted by molar-refractivity contribution is 7.12. The molecule has 1 aromatic rings. The summed E-state index contributed by atoms with van der Waals surface area (Å²) in [6, 6.07) is 4.13. The molecule has 0 fully saturated rings. The molecule has 0 aromatic carbocycles. The van der Waals surface area contributed by atoms with Gasteiger partial charge in [-0.15, -0.1) is 11.3 Å². The lowest BCUT2D eigenvalue weighted by molar-refractivity contribution is -0.138. The fourth-order valence-corrected chi connectivity index (χ4v) is 2.44. The van der Waals surface area contributed by atoms with Gasteiger partial charge in [-0.3, -0.25) is 4.79 Å². The lowest BCUT2D eigenvalue weighted by atomic mass is 9.88. The van der Waals surface area contributed by atoms with E-state index in [4.69, 9.17) is 5.11 Å². The SMILES string of the molecule is CCc1ccc(C(C)(C)CC(=O)O)s1. The molecule has 0 amide bonds. The Morgan fingerprint density at radius 2 is 2.14 bits per heavy atom. The lowest BCUT2D eigenvalue weighted by Crippen LogP contribution is -2.20. The zero-order valence-electron chi connectivity index (χ0n) is 8.83. The van der Waals surface area contributed by atoms with Crippen LogP contribution < -0.4 is 0 Å². The molecule has 3 heteroatoms. The van der Waals surface area contributed by atoms with E-state index in [-0.39, 0.29) is 11.8 Å². The third kappa shape index (κ3) is 2.58. The number of carbonyl (C=O) groups is 1. The van der Waals surface area contributed by atoms with Crippen LogP contribution in [0.15, 0.2) is 12.1 Å². The summed E-state index contributed by atoms with van der Waals surface area (Å²) in [5.41, 5.74) is -0.246. The molecule has 0 bridgehead atoms. The van der Waals surface area contributed by atoms with Crippen LogP contribution in [-0.2, 0) is 16.6 Å². The molecule has 1 N–H and O–H groups in total. The van der Waals surface area contributed by atoms with Crippen molar-refractivity contribution >= 4 is 17.3 Å². The average Bonchev–Trinajstić information content (AvgIpc) is 2.49. The van der Waals surface area contributed by atoms with Crippen LogP contribution in [0.4, 0.5) is 0 Å². The molecule has 1 heterocycles. The van der Waals surface area contributed by atoms with E-state index in [0.717, 1.165) is 11.3 Å². The van der Waals surface area contributed by atoms with Crippen LogP contribution in [0, 0.1) is 0 Å². The Morgan fingerprint density at radius 3 is 2.57 bits per heavy atom. The van der Waals surface area contributed by atoms with Crippen molar-refractivity contribution in [2.75, 3.05) is 0 Å². The largest absolute Gasteiger partial charge is 0.481 e. The van der Waals surface area contributed by atoms with Crippen molar-refractivity contribution < 1.29 is 9.90 Å². The van der Waals surface area contributed by atoms with E-state index in [1.807, 2.05) is 19.9 Å². The molecule has 0 saturated carbocycles. The molecule has 0 spiro atoms. The number of carboxylic acid groups (broad SMARTS) is 1. The van der Waals surface area contributed by atoms with Crippen molar-refractivity contribution in [3.63, 3.8) is 0 Å². The Labute approximate surface area is 88.6 Å². The lowest BCUT2D eigenvalue weighted by Gasteiger charge is -2.20. The van der Waals surface area contributed by atoms with Gasteiger partial charge in [-0.25, -0.2) is 0 Å².